The number of nitrogens with zero attached hydrogens (tertiary/aromatic N) is 2. The predicted molar refractivity (Wildman–Crippen MR) is 121 cm³/mol. The molecule has 8 heteroatoms. The minimum Gasteiger partial charge on any atom is -0.496 e. The van der Waals surface area contributed by atoms with Gasteiger partial charge in [-0.3, -0.25) is 9.48 Å². The Kier molecular flexibility index (Phi) is 7.28. The smallest absolute Gasteiger partial charge is 0.360 e. The third-order valence-electron chi connectivity index (χ3n) is 4.58. The molecular weight excluding hydrogens is 410 g/mol. The van der Waals surface area contributed by atoms with Gasteiger partial charge in [-0.2, -0.15) is 5.10 Å². The number of rotatable bonds is 8. The largest absolute Gasteiger partial charge is 0.496 e. The van der Waals surface area contributed by atoms with E-state index in [-0.39, 0.29) is 11.4 Å². The van der Waals surface area contributed by atoms with Crippen LogP contribution in [-0.4, -0.2) is 35.9 Å². The van der Waals surface area contributed by atoms with Gasteiger partial charge in [0.2, 0.25) is 5.91 Å². The van der Waals surface area contributed by atoms with Crippen molar-refractivity contribution in [2.24, 2.45) is 7.05 Å². The first-order chi connectivity index (χ1) is 15.4. The second-order valence-corrected chi connectivity index (χ2v) is 7.06. The second kappa shape index (κ2) is 10.3. The van der Waals surface area contributed by atoms with Gasteiger partial charge in [0, 0.05) is 24.9 Å². The maximum atomic E-state index is 12.4. The van der Waals surface area contributed by atoms with Crippen LogP contribution < -0.4 is 14.8 Å². The Morgan fingerprint density at radius 2 is 1.97 bits per heavy atom. The number of esters is 1. The number of ether oxygens (including phenoxy) is 3. The molecule has 0 aliphatic heterocycles. The molecule has 3 aromatic rings. The lowest BCUT2D eigenvalue weighted by atomic mass is 10.1. The molecule has 0 spiro atoms. The van der Waals surface area contributed by atoms with Crippen LogP contribution in [0, 0.1) is 6.92 Å². The van der Waals surface area contributed by atoms with Gasteiger partial charge in [0.1, 0.15) is 18.1 Å². The molecule has 0 atom stereocenters. The van der Waals surface area contributed by atoms with Crippen LogP contribution >= 0.6 is 0 Å². The number of amides is 1. The number of aromatic nitrogens is 2. The van der Waals surface area contributed by atoms with E-state index in [2.05, 4.69) is 15.2 Å². The van der Waals surface area contributed by atoms with Gasteiger partial charge < -0.3 is 19.5 Å². The lowest BCUT2D eigenvalue weighted by Gasteiger charge is -2.11. The van der Waals surface area contributed by atoms with Crippen LogP contribution in [0.25, 0.3) is 6.08 Å². The number of aryl methyl sites for hydroxylation is 2. The Balaban J connectivity index is 1.71. The van der Waals surface area contributed by atoms with Gasteiger partial charge in [-0.15, -0.1) is 0 Å². The van der Waals surface area contributed by atoms with Crippen LogP contribution in [0.5, 0.6) is 11.5 Å². The van der Waals surface area contributed by atoms with Crippen molar-refractivity contribution in [3.8, 4) is 11.5 Å². The van der Waals surface area contributed by atoms with Gasteiger partial charge in [0.25, 0.3) is 0 Å². The molecular formula is C24H25N3O5. The molecule has 1 aromatic heterocycles. The van der Waals surface area contributed by atoms with Crippen molar-refractivity contribution >= 4 is 23.6 Å². The van der Waals surface area contributed by atoms with Gasteiger partial charge >= 0.3 is 5.97 Å². The highest BCUT2D eigenvalue weighted by Crippen LogP contribution is 2.23. The molecule has 8 nitrogen and oxygen atoms in total. The summed E-state index contributed by atoms with van der Waals surface area (Å²) in [7, 11) is 4.50. The minimum absolute atomic E-state index is 0.0387. The molecule has 1 N–H and O–H groups in total. The lowest BCUT2D eigenvalue weighted by Crippen LogP contribution is -2.12. The van der Waals surface area contributed by atoms with E-state index < -0.39 is 11.9 Å². The van der Waals surface area contributed by atoms with Crippen LogP contribution in [-0.2, 0) is 23.2 Å². The summed E-state index contributed by atoms with van der Waals surface area (Å²) in [4.78, 5) is 24.2. The highest BCUT2D eigenvalue weighted by atomic mass is 16.5. The van der Waals surface area contributed by atoms with Gasteiger partial charge in [0.15, 0.2) is 5.69 Å². The summed E-state index contributed by atoms with van der Waals surface area (Å²) in [5.41, 5.74) is 3.06. The van der Waals surface area contributed by atoms with E-state index in [0.717, 1.165) is 22.4 Å². The highest BCUT2D eigenvalue weighted by molar-refractivity contribution is 6.05. The summed E-state index contributed by atoms with van der Waals surface area (Å²) in [6, 6.07) is 13.3. The van der Waals surface area contributed by atoms with Crippen LogP contribution in [0.3, 0.4) is 0 Å². The average molecular weight is 435 g/mol. The molecule has 32 heavy (non-hydrogen) atoms. The Labute approximate surface area is 186 Å². The molecule has 1 heterocycles. The fourth-order valence-corrected chi connectivity index (χ4v) is 3.05. The van der Waals surface area contributed by atoms with Crippen molar-refractivity contribution in [1.29, 1.82) is 0 Å². The molecule has 3 rings (SSSR count). The Morgan fingerprint density at radius 1 is 1.16 bits per heavy atom. The molecule has 0 bridgehead atoms. The van der Waals surface area contributed by atoms with Crippen LogP contribution in [0.15, 0.2) is 54.7 Å². The van der Waals surface area contributed by atoms with E-state index in [1.54, 1.807) is 20.2 Å². The molecule has 0 saturated heterocycles. The lowest BCUT2D eigenvalue weighted by molar-refractivity contribution is -0.111. The minimum atomic E-state index is -0.627. The summed E-state index contributed by atoms with van der Waals surface area (Å²) in [6.07, 6.45) is 4.58. The number of carbonyl (C=O) groups is 2. The number of anilines is 1. The summed E-state index contributed by atoms with van der Waals surface area (Å²) in [6.45, 7) is 2.32. The number of benzene rings is 2. The molecule has 0 saturated carbocycles. The zero-order chi connectivity index (χ0) is 23.1. The molecule has 1 amide bonds. The topological polar surface area (TPSA) is 91.7 Å². The third kappa shape index (κ3) is 5.75. The van der Waals surface area contributed by atoms with E-state index in [1.807, 2.05) is 49.4 Å². The maximum absolute atomic E-state index is 12.4. The summed E-state index contributed by atoms with van der Waals surface area (Å²) >= 11 is 0. The van der Waals surface area contributed by atoms with Crippen molar-refractivity contribution < 1.29 is 23.8 Å². The van der Waals surface area contributed by atoms with E-state index in [9.17, 15) is 9.59 Å². The Bertz CT molecular complexity index is 1150. The Morgan fingerprint density at radius 3 is 2.69 bits per heavy atom. The van der Waals surface area contributed by atoms with E-state index >= 15 is 0 Å². The fourth-order valence-electron chi connectivity index (χ4n) is 3.05. The third-order valence-corrected chi connectivity index (χ3v) is 4.58. The number of carbonyl (C=O) groups excluding carboxylic acids is 2. The van der Waals surface area contributed by atoms with Crippen molar-refractivity contribution in [3.63, 3.8) is 0 Å². The molecule has 0 fully saturated rings. The molecule has 0 aliphatic carbocycles. The predicted octanol–water partition coefficient (Wildman–Crippen LogP) is 3.75. The average Bonchev–Trinajstić information content (AvgIpc) is 3.15. The summed E-state index contributed by atoms with van der Waals surface area (Å²) < 4.78 is 17.4. The molecule has 0 radical (unpaired) electrons. The van der Waals surface area contributed by atoms with Crippen LogP contribution in [0.4, 0.5) is 5.69 Å². The zero-order valence-electron chi connectivity index (χ0n) is 18.4. The number of methoxy groups -OCH3 is 2. The quantitative estimate of drug-likeness (QED) is 0.428. The van der Waals surface area contributed by atoms with Gasteiger partial charge in [-0.1, -0.05) is 18.2 Å². The second-order valence-electron chi connectivity index (χ2n) is 7.06. The van der Waals surface area contributed by atoms with Crippen LogP contribution in [0.2, 0.25) is 0 Å². The number of hydrogen-bond acceptors (Lipinski definition) is 6. The van der Waals surface area contributed by atoms with E-state index in [0.29, 0.717) is 12.4 Å². The highest BCUT2D eigenvalue weighted by Gasteiger charge is 2.17. The molecule has 2 aromatic carbocycles. The normalized spacial score (nSPS) is 10.8. The van der Waals surface area contributed by atoms with Crippen molar-refractivity contribution in [1.82, 2.24) is 9.78 Å². The van der Waals surface area contributed by atoms with Gasteiger partial charge in [0.05, 0.1) is 19.9 Å². The van der Waals surface area contributed by atoms with Gasteiger partial charge in [-0.05, 0) is 48.4 Å². The summed E-state index contributed by atoms with van der Waals surface area (Å²) in [5.74, 6) is 0.428. The number of hydrogen-bond donors (Lipinski definition) is 1. The van der Waals surface area contributed by atoms with Crippen molar-refractivity contribution in [2.45, 2.75) is 13.5 Å². The fraction of sp³-hybridized carbons (Fsp3) is 0.208. The van der Waals surface area contributed by atoms with E-state index in [1.165, 1.54) is 24.1 Å². The summed E-state index contributed by atoms with van der Waals surface area (Å²) in [5, 5.41) is 6.66. The SMILES string of the molecule is COC(=O)c1nn(C)cc1NC(=O)/C=C/c1ccc(OC)c(COc2cccc(C)c2)c1. The Hall–Kier alpha value is -4.07. The molecule has 0 aliphatic rings. The van der Waals surface area contributed by atoms with E-state index in [4.69, 9.17) is 9.47 Å². The first-order valence-electron chi connectivity index (χ1n) is 9.87. The first kappa shape index (κ1) is 22.6. The number of nitrogens with one attached hydrogen (secondary N) is 1. The zero-order valence-corrected chi connectivity index (χ0v) is 18.4. The van der Waals surface area contributed by atoms with Crippen molar-refractivity contribution in [3.05, 3.63) is 77.1 Å². The standard InChI is InChI=1S/C24H25N3O5/c1-16-6-5-7-19(12-16)32-15-18-13-17(8-10-21(18)30-3)9-11-22(28)25-20-14-27(2)26-23(20)24(29)31-4/h5-14H,15H2,1-4H3,(H,25,28)/b11-9+. The van der Waals surface area contributed by atoms with Crippen molar-refractivity contribution in [2.75, 3.05) is 19.5 Å². The monoisotopic (exact) mass is 435 g/mol. The van der Waals surface area contributed by atoms with Crippen LogP contribution in [0.1, 0.15) is 27.2 Å². The molecule has 0 unspecified atom stereocenters. The van der Waals surface area contributed by atoms with Gasteiger partial charge in [-0.25, -0.2) is 4.79 Å². The first-order valence-corrected chi connectivity index (χ1v) is 9.87. The maximum Gasteiger partial charge on any atom is 0.360 e. The molecule has 166 valence electrons.